The SMILES string of the molecule is CC(=O)c1ccc(S(=O)(=O)NC(C)C(=O)N2CCCCN2)cc1. The summed E-state index contributed by atoms with van der Waals surface area (Å²) >= 11 is 0. The smallest absolute Gasteiger partial charge is 0.254 e. The van der Waals surface area contributed by atoms with E-state index < -0.39 is 16.1 Å². The third-order valence-electron chi connectivity index (χ3n) is 3.65. The van der Waals surface area contributed by atoms with Gasteiger partial charge in [0.05, 0.1) is 10.9 Å². The summed E-state index contributed by atoms with van der Waals surface area (Å²) in [6.07, 6.45) is 1.89. The van der Waals surface area contributed by atoms with E-state index in [-0.39, 0.29) is 16.6 Å². The van der Waals surface area contributed by atoms with E-state index in [2.05, 4.69) is 10.1 Å². The minimum absolute atomic E-state index is 0.0220. The van der Waals surface area contributed by atoms with Crippen molar-refractivity contribution in [3.8, 4) is 0 Å². The average molecular weight is 339 g/mol. The molecule has 1 unspecified atom stereocenters. The Bertz CT molecular complexity index is 679. The van der Waals surface area contributed by atoms with E-state index >= 15 is 0 Å². The van der Waals surface area contributed by atoms with Crippen LogP contribution in [0.15, 0.2) is 29.2 Å². The molecule has 1 fully saturated rings. The topological polar surface area (TPSA) is 95.6 Å². The zero-order valence-electron chi connectivity index (χ0n) is 13.2. The van der Waals surface area contributed by atoms with Gasteiger partial charge in [0, 0.05) is 18.7 Å². The summed E-state index contributed by atoms with van der Waals surface area (Å²) in [5.74, 6) is -0.449. The number of hydrogen-bond donors (Lipinski definition) is 2. The average Bonchev–Trinajstić information content (AvgIpc) is 2.54. The van der Waals surface area contributed by atoms with Crippen molar-refractivity contribution in [3.05, 3.63) is 29.8 Å². The van der Waals surface area contributed by atoms with Crippen molar-refractivity contribution in [2.45, 2.75) is 37.6 Å². The van der Waals surface area contributed by atoms with Crippen LogP contribution in [0.2, 0.25) is 0 Å². The fraction of sp³-hybridized carbons (Fsp3) is 0.467. The molecule has 7 nitrogen and oxygen atoms in total. The summed E-state index contributed by atoms with van der Waals surface area (Å²) in [6.45, 7) is 4.20. The Morgan fingerprint density at radius 3 is 2.39 bits per heavy atom. The molecule has 1 aromatic rings. The lowest BCUT2D eigenvalue weighted by atomic mass is 10.2. The van der Waals surface area contributed by atoms with E-state index in [1.807, 2.05) is 0 Å². The molecule has 1 saturated heterocycles. The molecule has 1 aliphatic rings. The summed E-state index contributed by atoms with van der Waals surface area (Å²) in [5, 5.41) is 1.45. The second kappa shape index (κ2) is 7.20. The standard InChI is InChI=1S/C15H21N3O4S/c1-11(15(20)18-10-4-3-9-16-18)17-23(21,22)14-7-5-13(6-8-14)12(2)19/h5-8,11,16-17H,3-4,9-10H2,1-2H3. The van der Waals surface area contributed by atoms with Crippen LogP contribution in [0.25, 0.3) is 0 Å². The van der Waals surface area contributed by atoms with Crippen LogP contribution in [0.1, 0.15) is 37.0 Å². The number of carbonyl (C=O) groups excluding carboxylic acids is 2. The molecular formula is C15H21N3O4S. The van der Waals surface area contributed by atoms with Crippen LogP contribution >= 0.6 is 0 Å². The predicted molar refractivity (Wildman–Crippen MR) is 85.2 cm³/mol. The van der Waals surface area contributed by atoms with Crippen molar-refractivity contribution in [2.75, 3.05) is 13.1 Å². The number of sulfonamides is 1. The number of carbonyl (C=O) groups is 2. The number of nitrogens with zero attached hydrogens (tertiary/aromatic N) is 1. The minimum Gasteiger partial charge on any atom is -0.295 e. The summed E-state index contributed by atoms with van der Waals surface area (Å²) < 4.78 is 27.0. The van der Waals surface area contributed by atoms with Crippen LogP contribution in [0.4, 0.5) is 0 Å². The van der Waals surface area contributed by atoms with E-state index in [0.29, 0.717) is 18.7 Å². The molecule has 8 heteroatoms. The highest BCUT2D eigenvalue weighted by Gasteiger charge is 2.26. The number of hydrazine groups is 1. The van der Waals surface area contributed by atoms with Crippen molar-refractivity contribution < 1.29 is 18.0 Å². The summed E-state index contributed by atoms with van der Waals surface area (Å²) in [7, 11) is -3.82. The molecule has 0 radical (unpaired) electrons. The maximum atomic E-state index is 12.3. The zero-order valence-corrected chi connectivity index (χ0v) is 14.0. The van der Waals surface area contributed by atoms with Crippen LogP contribution in [0.3, 0.4) is 0 Å². The second-order valence-electron chi connectivity index (χ2n) is 5.53. The number of amides is 1. The first-order valence-corrected chi connectivity index (χ1v) is 8.98. The largest absolute Gasteiger partial charge is 0.295 e. The van der Waals surface area contributed by atoms with Gasteiger partial charge in [-0.05, 0) is 38.8 Å². The van der Waals surface area contributed by atoms with Gasteiger partial charge in [-0.25, -0.2) is 13.8 Å². The third kappa shape index (κ3) is 4.37. The molecule has 126 valence electrons. The Morgan fingerprint density at radius 2 is 1.87 bits per heavy atom. The zero-order chi connectivity index (χ0) is 17.0. The van der Waals surface area contributed by atoms with Crippen LogP contribution in [-0.2, 0) is 14.8 Å². The van der Waals surface area contributed by atoms with Gasteiger partial charge in [0.2, 0.25) is 10.0 Å². The summed E-state index contributed by atoms with van der Waals surface area (Å²) in [5.41, 5.74) is 3.39. The molecule has 2 N–H and O–H groups in total. The van der Waals surface area contributed by atoms with Gasteiger partial charge in [-0.1, -0.05) is 12.1 Å². The molecule has 1 atom stereocenters. The first kappa shape index (κ1) is 17.6. The molecule has 0 bridgehead atoms. The van der Waals surface area contributed by atoms with Crippen LogP contribution < -0.4 is 10.1 Å². The van der Waals surface area contributed by atoms with Crippen molar-refractivity contribution in [2.24, 2.45) is 0 Å². The van der Waals surface area contributed by atoms with Crippen molar-refractivity contribution >= 4 is 21.7 Å². The van der Waals surface area contributed by atoms with Crippen molar-refractivity contribution in [1.82, 2.24) is 15.2 Å². The molecule has 0 spiro atoms. The first-order valence-electron chi connectivity index (χ1n) is 7.49. The summed E-state index contributed by atoms with van der Waals surface area (Å²) in [4.78, 5) is 23.5. The van der Waals surface area contributed by atoms with E-state index in [9.17, 15) is 18.0 Å². The van der Waals surface area contributed by atoms with Gasteiger partial charge in [-0.3, -0.25) is 14.6 Å². The number of Topliss-reactive ketones (excluding diaryl/α,β-unsaturated/α-hetero) is 1. The molecular weight excluding hydrogens is 318 g/mol. The molecule has 0 aromatic heterocycles. The Labute approximate surface area is 136 Å². The van der Waals surface area contributed by atoms with Gasteiger partial charge in [0.1, 0.15) is 0 Å². The third-order valence-corrected chi connectivity index (χ3v) is 5.21. The van der Waals surface area contributed by atoms with E-state index in [0.717, 1.165) is 12.8 Å². The van der Waals surface area contributed by atoms with Crippen LogP contribution in [-0.4, -0.2) is 44.2 Å². The second-order valence-corrected chi connectivity index (χ2v) is 7.24. The van der Waals surface area contributed by atoms with E-state index in [1.54, 1.807) is 0 Å². The Kier molecular flexibility index (Phi) is 5.51. The molecule has 0 saturated carbocycles. The Hall–Kier alpha value is -1.77. The number of hydrogen-bond acceptors (Lipinski definition) is 5. The normalized spacial score (nSPS) is 16.9. The Balaban J connectivity index is 2.07. The molecule has 0 aliphatic carbocycles. The van der Waals surface area contributed by atoms with Gasteiger partial charge in [-0.2, -0.15) is 4.72 Å². The van der Waals surface area contributed by atoms with Crippen molar-refractivity contribution in [3.63, 3.8) is 0 Å². The molecule has 1 aromatic carbocycles. The maximum absolute atomic E-state index is 12.3. The van der Waals surface area contributed by atoms with Crippen LogP contribution in [0, 0.1) is 0 Å². The van der Waals surface area contributed by atoms with Gasteiger partial charge >= 0.3 is 0 Å². The lowest BCUT2D eigenvalue weighted by Crippen LogP contribution is -2.54. The monoisotopic (exact) mass is 339 g/mol. The van der Waals surface area contributed by atoms with E-state index in [1.165, 1.54) is 43.1 Å². The highest BCUT2D eigenvalue weighted by molar-refractivity contribution is 7.89. The summed E-state index contributed by atoms with van der Waals surface area (Å²) in [6, 6.07) is 4.74. The molecule has 1 amide bonds. The Morgan fingerprint density at radius 1 is 1.22 bits per heavy atom. The number of nitrogens with one attached hydrogen (secondary N) is 2. The van der Waals surface area contributed by atoms with Gasteiger partial charge in [-0.15, -0.1) is 0 Å². The molecule has 1 heterocycles. The molecule has 23 heavy (non-hydrogen) atoms. The fourth-order valence-electron chi connectivity index (χ4n) is 2.33. The predicted octanol–water partition coefficient (Wildman–Crippen LogP) is 0.683. The van der Waals surface area contributed by atoms with Crippen LogP contribution in [0.5, 0.6) is 0 Å². The number of benzene rings is 1. The lowest BCUT2D eigenvalue weighted by molar-refractivity contribution is -0.136. The van der Waals surface area contributed by atoms with Gasteiger partial charge in [0.15, 0.2) is 5.78 Å². The van der Waals surface area contributed by atoms with Gasteiger partial charge in [0.25, 0.3) is 5.91 Å². The highest BCUT2D eigenvalue weighted by Crippen LogP contribution is 2.12. The number of ketones is 1. The first-order chi connectivity index (χ1) is 10.8. The van der Waals surface area contributed by atoms with Crippen molar-refractivity contribution in [1.29, 1.82) is 0 Å². The van der Waals surface area contributed by atoms with Gasteiger partial charge < -0.3 is 0 Å². The highest BCUT2D eigenvalue weighted by atomic mass is 32.2. The number of rotatable bonds is 5. The minimum atomic E-state index is -3.82. The molecule has 2 rings (SSSR count). The quantitative estimate of drug-likeness (QED) is 0.769. The lowest BCUT2D eigenvalue weighted by Gasteiger charge is -2.30. The fourth-order valence-corrected chi connectivity index (χ4v) is 3.53. The molecule has 1 aliphatic heterocycles. The maximum Gasteiger partial charge on any atom is 0.254 e. The van der Waals surface area contributed by atoms with E-state index in [4.69, 9.17) is 0 Å².